The van der Waals surface area contributed by atoms with E-state index in [1.807, 2.05) is 75.5 Å². The van der Waals surface area contributed by atoms with Gasteiger partial charge >= 0.3 is 0 Å². The number of ether oxygens (including phenoxy) is 1. The fraction of sp³-hybridized carbons (Fsp3) is 0.346. The van der Waals surface area contributed by atoms with E-state index in [0.29, 0.717) is 6.42 Å². The van der Waals surface area contributed by atoms with Gasteiger partial charge in [0.2, 0.25) is 5.91 Å². The summed E-state index contributed by atoms with van der Waals surface area (Å²) in [6.07, 6.45) is 5.31. The molecule has 0 bridgehead atoms. The normalized spacial score (nSPS) is 19.6. The Bertz CT molecular complexity index is 1170. The van der Waals surface area contributed by atoms with Gasteiger partial charge in [0.25, 0.3) is 0 Å². The molecule has 1 aliphatic rings. The molecule has 0 aliphatic carbocycles. The predicted molar refractivity (Wildman–Crippen MR) is 128 cm³/mol. The molecule has 1 radical (unpaired) electrons. The van der Waals surface area contributed by atoms with Gasteiger partial charge in [-0.2, -0.15) is 0 Å². The number of fused-ring (bicyclic) bond motifs is 1. The first-order chi connectivity index (χ1) is 15.8. The Morgan fingerprint density at radius 2 is 1.88 bits per heavy atom. The zero-order chi connectivity index (χ0) is 23.5. The lowest BCUT2D eigenvalue weighted by atomic mass is 9.75. The standard InChI is InChI=1S/C26H28N5O2/c1-25(2,3)33-24(21(15-23(27)32)13-18-7-5-4-6-8-18)26(17-29-31-30-26)22-10-9-20-16-28-12-11-19(20)14-22/h4-12,14,16-17,21,24,27H,13,15H2,1-3H3. The van der Waals surface area contributed by atoms with Crippen LogP contribution >= 0.6 is 0 Å². The molecule has 7 nitrogen and oxygen atoms in total. The maximum Gasteiger partial charge on any atom is 0.238 e. The summed E-state index contributed by atoms with van der Waals surface area (Å²) < 4.78 is 6.63. The molecule has 0 fully saturated rings. The second-order valence-electron chi connectivity index (χ2n) is 9.42. The summed E-state index contributed by atoms with van der Waals surface area (Å²) in [5.41, 5.74) is 8.16. The molecule has 3 aromatic rings. The number of carbonyl (C=O) groups excluding carboxylic acids is 1. The Balaban J connectivity index is 1.84. The number of hydrogen-bond acceptors (Lipinski definition) is 6. The Hall–Kier alpha value is -3.45. The molecule has 1 amide bonds. The van der Waals surface area contributed by atoms with Crippen LogP contribution in [-0.2, 0) is 21.5 Å². The first-order valence-corrected chi connectivity index (χ1v) is 11.0. The Morgan fingerprint density at radius 3 is 2.55 bits per heavy atom. The highest BCUT2D eigenvalue weighted by Gasteiger charge is 2.49. The van der Waals surface area contributed by atoms with Crippen LogP contribution in [0, 0.1) is 5.92 Å². The topological polar surface area (TPSA) is 100 Å². The number of rotatable bonds is 8. The van der Waals surface area contributed by atoms with Gasteiger partial charge in [-0.1, -0.05) is 42.5 Å². The minimum absolute atomic E-state index is 0.0399. The molecule has 1 N–H and O–H groups in total. The van der Waals surface area contributed by atoms with Gasteiger partial charge in [-0.15, -0.1) is 10.2 Å². The largest absolute Gasteiger partial charge is 0.369 e. The van der Waals surface area contributed by atoms with Gasteiger partial charge < -0.3 is 4.74 Å². The van der Waals surface area contributed by atoms with Crippen molar-refractivity contribution in [2.24, 2.45) is 21.4 Å². The van der Waals surface area contributed by atoms with Crippen LogP contribution in [0.25, 0.3) is 10.8 Å². The van der Waals surface area contributed by atoms with Crippen molar-refractivity contribution in [2.45, 2.75) is 50.9 Å². The number of nitrogens with one attached hydrogen (secondary N) is 1. The molecule has 33 heavy (non-hydrogen) atoms. The monoisotopic (exact) mass is 442 g/mol. The molecule has 1 aliphatic heterocycles. The van der Waals surface area contributed by atoms with Gasteiger partial charge in [-0.3, -0.25) is 15.5 Å². The number of nitrogens with zero attached hydrogens (tertiary/aromatic N) is 4. The summed E-state index contributed by atoms with van der Waals surface area (Å²) in [5, 5.41) is 14.7. The molecule has 0 spiro atoms. The van der Waals surface area contributed by atoms with Gasteiger partial charge in [-0.25, -0.2) is 0 Å². The van der Waals surface area contributed by atoms with Crippen molar-refractivity contribution in [3.63, 3.8) is 0 Å². The second kappa shape index (κ2) is 9.19. The molecule has 0 saturated carbocycles. The second-order valence-corrected chi connectivity index (χ2v) is 9.42. The molecule has 0 saturated heterocycles. The smallest absolute Gasteiger partial charge is 0.238 e. The van der Waals surface area contributed by atoms with Gasteiger partial charge in [-0.05, 0) is 61.1 Å². The van der Waals surface area contributed by atoms with E-state index in [1.54, 1.807) is 12.4 Å². The van der Waals surface area contributed by atoms with Crippen LogP contribution in [0.3, 0.4) is 0 Å². The summed E-state index contributed by atoms with van der Waals surface area (Å²) in [6.45, 7) is 5.93. The van der Waals surface area contributed by atoms with Crippen LogP contribution in [0.5, 0.6) is 0 Å². The molecule has 2 aromatic carbocycles. The van der Waals surface area contributed by atoms with Crippen molar-refractivity contribution in [3.8, 4) is 0 Å². The third-order valence-electron chi connectivity index (χ3n) is 5.75. The van der Waals surface area contributed by atoms with Crippen molar-refractivity contribution in [3.05, 3.63) is 78.1 Å². The van der Waals surface area contributed by atoms with E-state index in [2.05, 4.69) is 26.5 Å². The van der Waals surface area contributed by atoms with Crippen LogP contribution in [-0.4, -0.2) is 28.8 Å². The molecular weight excluding hydrogens is 414 g/mol. The number of amides is 1. The van der Waals surface area contributed by atoms with Crippen molar-refractivity contribution in [1.29, 1.82) is 0 Å². The maximum absolute atomic E-state index is 12.1. The van der Waals surface area contributed by atoms with Gasteiger partial charge in [0.15, 0.2) is 5.54 Å². The summed E-state index contributed by atoms with van der Waals surface area (Å²) >= 11 is 0. The minimum Gasteiger partial charge on any atom is -0.369 e. The zero-order valence-electron chi connectivity index (χ0n) is 19.1. The van der Waals surface area contributed by atoms with Gasteiger partial charge in [0.05, 0.1) is 17.9 Å². The van der Waals surface area contributed by atoms with E-state index in [9.17, 15) is 4.79 Å². The molecular formula is C26H28N5O2. The van der Waals surface area contributed by atoms with E-state index in [1.165, 1.54) is 0 Å². The zero-order valence-corrected chi connectivity index (χ0v) is 19.1. The SMILES string of the molecule is CC(C)(C)OC(C(CC([NH])=O)Cc1ccccc1)C1(c2ccc3cnccc3c2)C=NN=N1. The number of aromatic nitrogens is 1. The van der Waals surface area contributed by atoms with Crippen molar-refractivity contribution >= 4 is 22.9 Å². The summed E-state index contributed by atoms with van der Waals surface area (Å²) in [7, 11) is 0. The number of pyridine rings is 1. The molecule has 7 heteroatoms. The first-order valence-electron chi connectivity index (χ1n) is 11.0. The minimum atomic E-state index is -1.01. The molecule has 4 rings (SSSR count). The highest BCUT2D eigenvalue weighted by Crippen LogP contribution is 2.41. The van der Waals surface area contributed by atoms with Gasteiger partial charge in [0, 0.05) is 30.1 Å². The van der Waals surface area contributed by atoms with E-state index in [0.717, 1.165) is 21.9 Å². The lowest BCUT2D eigenvalue weighted by Crippen LogP contribution is -2.49. The Labute approximate surface area is 193 Å². The molecule has 3 unspecified atom stereocenters. The maximum atomic E-state index is 12.1. The fourth-order valence-corrected chi connectivity index (χ4v) is 4.37. The highest BCUT2D eigenvalue weighted by molar-refractivity contribution is 5.85. The number of carbonyl (C=O) groups is 1. The first kappa shape index (κ1) is 22.7. The Morgan fingerprint density at radius 1 is 1.09 bits per heavy atom. The molecule has 1 aromatic heterocycles. The van der Waals surface area contributed by atoms with Crippen LogP contribution in [0.4, 0.5) is 0 Å². The summed E-state index contributed by atoms with van der Waals surface area (Å²) in [6, 6.07) is 17.9. The summed E-state index contributed by atoms with van der Waals surface area (Å²) in [5.74, 6) is -0.946. The number of hydrogen-bond donors (Lipinski definition) is 0. The fourth-order valence-electron chi connectivity index (χ4n) is 4.37. The molecule has 169 valence electrons. The molecule has 2 heterocycles. The quantitative estimate of drug-likeness (QED) is 0.484. The average Bonchev–Trinajstić information content (AvgIpc) is 3.27. The average molecular weight is 443 g/mol. The van der Waals surface area contributed by atoms with E-state index >= 15 is 0 Å². The van der Waals surface area contributed by atoms with Crippen LogP contribution in [0.15, 0.2) is 82.4 Å². The van der Waals surface area contributed by atoms with E-state index in [4.69, 9.17) is 10.5 Å². The van der Waals surface area contributed by atoms with E-state index < -0.39 is 23.2 Å². The predicted octanol–water partition coefficient (Wildman–Crippen LogP) is 5.12. The Kier molecular flexibility index (Phi) is 6.33. The molecule has 3 atom stereocenters. The van der Waals surface area contributed by atoms with Gasteiger partial charge in [0.1, 0.15) is 0 Å². The number of benzene rings is 2. The van der Waals surface area contributed by atoms with Crippen molar-refractivity contribution < 1.29 is 9.53 Å². The third kappa shape index (κ3) is 5.14. The van der Waals surface area contributed by atoms with Crippen molar-refractivity contribution in [2.75, 3.05) is 0 Å². The van der Waals surface area contributed by atoms with Crippen LogP contribution in [0.1, 0.15) is 38.3 Å². The highest BCUT2D eigenvalue weighted by atomic mass is 16.5. The lowest BCUT2D eigenvalue weighted by Gasteiger charge is -2.40. The van der Waals surface area contributed by atoms with Crippen LogP contribution in [0.2, 0.25) is 0 Å². The summed E-state index contributed by atoms with van der Waals surface area (Å²) in [4.78, 5) is 16.3. The lowest BCUT2D eigenvalue weighted by molar-refractivity contribution is -0.128. The van der Waals surface area contributed by atoms with Crippen molar-refractivity contribution in [1.82, 2.24) is 10.7 Å². The van der Waals surface area contributed by atoms with Crippen LogP contribution < -0.4 is 5.73 Å². The third-order valence-corrected chi connectivity index (χ3v) is 5.75. The van der Waals surface area contributed by atoms with E-state index in [-0.39, 0.29) is 12.3 Å².